The number of methoxy groups -OCH3 is 1. The van der Waals surface area contributed by atoms with Gasteiger partial charge in [-0.15, -0.1) is 0 Å². The third kappa shape index (κ3) is 3.42. The maximum atomic E-state index is 14.6. The Morgan fingerprint density at radius 2 is 1.96 bits per heavy atom. The lowest BCUT2D eigenvalue weighted by Gasteiger charge is -2.33. The minimum absolute atomic E-state index is 0.0453. The highest BCUT2D eigenvalue weighted by Gasteiger charge is 2.41. The molecule has 2 unspecified atom stereocenters. The molecular weight excluding hydrogens is 345 g/mol. The second kappa shape index (κ2) is 7.43. The average Bonchev–Trinajstić information content (AvgIpc) is 2.97. The van der Waals surface area contributed by atoms with Crippen molar-refractivity contribution < 1.29 is 18.7 Å². The third-order valence-corrected chi connectivity index (χ3v) is 5.34. The molecule has 1 amide bonds. The van der Waals surface area contributed by atoms with Gasteiger partial charge in [-0.05, 0) is 36.5 Å². The van der Waals surface area contributed by atoms with Crippen LogP contribution in [0.15, 0.2) is 54.6 Å². The van der Waals surface area contributed by atoms with Crippen molar-refractivity contribution >= 4 is 11.7 Å². The molecule has 0 aromatic heterocycles. The first-order chi connectivity index (χ1) is 13.2. The molecule has 0 radical (unpaired) electrons. The van der Waals surface area contributed by atoms with Crippen LogP contribution in [-0.2, 0) is 11.3 Å². The van der Waals surface area contributed by atoms with Crippen molar-refractivity contribution in [1.82, 2.24) is 4.90 Å². The smallest absolute Gasteiger partial charge is 0.410 e. The van der Waals surface area contributed by atoms with Crippen molar-refractivity contribution in [3.63, 3.8) is 0 Å². The Hall–Kier alpha value is -2.82. The first-order valence-electron chi connectivity index (χ1n) is 9.20. The second-order valence-corrected chi connectivity index (χ2v) is 6.96. The summed E-state index contributed by atoms with van der Waals surface area (Å²) in [6, 6.07) is 14.8. The Kier molecular flexibility index (Phi) is 4.84. The molecule has 0 N–H and O–H groups in total. The van der Waals surface area contributed by atoms with E-state index in [0.717, 1.165) is 24.0 Å². The summed E-state index contributed by atoms with van der Waals surface area (Å²) in [5, 5.41) is 0. The molecule has 2 aromatic carbocycles. The standard InChI is InChI=1S/C22H22FNO3/c1-26-20-9-5-8-19(21(20)23)16-12-17-10-11-18(13-16)24(17)22(25)27-14-15-6-3-2-4-7-15/h2-9,12,17-18H,10-11,13-14H2,1H3. The molecule has 2 aliphatic heterocycles. The summed E-state index contributed by atoms with van der Waals surface area (Å²) in [5.41, 5.74) is 2.46. The number of hydrogen-bond acceptors (Lipinski definition) is 3. The van der Waals surface area contributed by atoms with Crippen LogP contribution in [-0.4, -0.2) is 30.2 Å². The number of carbonyl (C=O) groups is 1. The number of hydrogen-bond donors (Lipinski definition) is 0. The van der Waals surface area contributed by atoms with Gasteiger partial charge in [0.2, 0.25) is 0 Å². The summed E-state index contributed by atoms with van der Waals surface area (Å²) < 4.78 is 25.2. The fourth-order valence-electron chi connectivity index (χ4n) is 4.02. The van der Waals surface area contributed by atoms with Gasteiger partial charge in [-0.3, -0.25) is 4.90 Å². The van der Waals surface area contributed by atoms with Gasteiger partial charge >= 0.3 is 6.09 Å². The molecule has 4 nitrogen and oxygen atoms in total. The van der Waals surface area contributed by atoms with Crippen LogP contribution in [0.5, 0.6) is 5.75 Å². The summed E-state index contributed by atoms with van der Waals surface area (Å²) in [6.07, 6.45) is 4.11. The summed E-state index contributed by atoms with van der Waals surface area (Å²) in [7, 11) is 1.46. The fourth-order valence-corrected chi connectivity index (χ4v) is 4.02. The summed E-state index contributed by atoms with van der Waals surface area (Å²) >= 11 is 0. The molecule has 0 aliphatic carbocycles. The molecule has 0 spiro atoms. The number of halogens is 1. The van der Waals surface area contributed by atoms with Crippen molar-refractivity contribution in [2.24, 2.45) is 0 Å². The minimum atomic E-state index is -0.342. The third-order valence-electron chi connectivity index (χ3n) is 5.34. The predicted molar refractivity (Wildman–Crippen MR) is 101 cm³/mol. The van der Waals surface area contributed by atoms with Gasteiger partial charge in [-0.2, -0.15) is 0 Å². The summed E-state index contributed by atoms with van der Waals surface area (Å²) in [4.78, 5) is 14.4. The molecule has 140 valence electrons. The normalized spacial score (nSPS) is 21.0. The molecule has 2 heterocycles. The van der Waals surface area contributed by atoms with E-state index in [4.69, 9.17) is 9.47 Å². The number of amides is 1. The lowest BCUT2D eigenvalue weighted by Crippen LogP contribution is -2.43. The van der Waals surface area contributed by atoms with Crippen molar-refractivity contribution in [3.8, 4) is 5.75 Å². The lowest BCUT2D eigenvalue weighted by molar-refractivity contribution is 0.0832. The molecule has 5 heteroatoms. The molecule has 27 heavy (non-hydrogen) atoms. The van der Waals surface area contributed by atoms with Crippen molar-refractivity contribution in [3.05, 3.63) is 71.6 Å². The number of nitrogens with zero attached hydrogens (tertiary/aromatic N) is 1. The number of benzene rings is 2. The highest BCUT2D eigenvalue weighted by molar-refractivity contribution is 5.75. The molecule has 2 aliphatic rings. The monoisotopic (exact) mass is 367 g/mol. The molecule has 2 atom stereocenters. The van der Waals surface area contributed by atoms with Crippen molar-refractivity contribution in [2.75, 3.05) is 7.11 Å². The summed E-state index contributed by atoms with van der Waals surface area (Å²) in [6.45, 7) is 0.261. The van der Waals surface area contributed by atoms with Gasteiger partial charge in [-0.25, -0.2) is 9.18 Å². The van der Waals surface area contributed by atoms with Crippen LogP contribution in [0.25, 0.3) is 5.57 Å². The van der Waals surface area contributed by atoms with E-state index >= 15 is 0 Å². The first kappa shape index (κ1) is 17.6. The maximum absolute atomic E-state index is 14.6. The molecule has 0 saturated carbocycles. The Morgan fingerprint density at radius 1 is 1.15 bits per heavy atom. The SMILES string of the molecule is COc1cccc(C2=CC3CCC(C2)N3C(=O)OCc2ccccc2)c1F. The number of ether oxygens (including phenoxy) is 2. The average molecular weight is 367 g/mol. The minimum Gasteiger partial charge on any atom is -0.494 e. The Balaban J connectivity index is 1.50. The predicted octanol–water partition coefficient (Wildman–Crippen LogP) is 4.79. The molecule has 4 rings (SSSR count). The summed E-state index contributed by atoms with van der Waals surface area (Å²) in [5.74, 6) is -0.101. The quantitative estimate of drug-likeness (QED) is 0.780. The Morgan fingerprint density at radius 3 is 2.70 bits per heavy atom. The van der Waals surface area contributed by atoms with Gasteiger partial charge in [0.15, 0.2) is 11.6 Å². The molecule has 2 bridgehead atoms. The molecule has 1 fully saturated rings. The van der Waals surface area contributed by atoms with E-state index in [9.17, 15) is 9.18 Å². The highest BCUT2D eigenvalue weighted by Crippen LogP contribution is 2.40. The van der Waals surface area contributed by atoms with E-state index in [2.05, 4.69) is 0 Å². The van der Waals surface area contributed by atoms with Gasteiger partial charge in [0.25, 0.3) is 0 Å². The van der Waals surface area contributed by atoms with Crippen LogP contribution in [0, 0.1) is 5.82 Å². The van der Waals surface area contributed by atoms with Gasteiger partial charge in [0.1, 0.15) is 6.61 Å². The van der Waals surface area contributed by atoms with Gasteiger partial charge < -0.3 is 9.47 Å². The van der Waals surface area contributed by atoms with E-state index in [1.165, 1.54) is 7.11 Å². The lowest BCUT2D eigenvalue weighted by atomic mass is 9.94. The zero-order valence-corrected chi connectivity index (χ0v) is 15.2. The largest absolute Gasteiger partial charge is 0.494 e. The molecular formula is C22H22FNO3. The van der Waals surface area contributed by atoms with Crippen LogP contribution in [0.3, 0.4) is 0 Å². The second-order valence-electron chi connectivity index (χ2n) is 6.96. The highest BCUT2D eigenvalue weighted by atomic mass is 19.1. The fraction of sp³-hybridized carbons (Fsp3) is 0.318. The Bertz CT molecular complexity index is 865. The van der Waals surface area contributed by atoms with Crippen LogP contribution < -0.4 is 4.74 Å². The van der Waals surface area contributed by atoms with E-state index < -0.39 is 0 Å². The zero-order valence-electron chi connectivity index (χ0n) is 15.2. The van der Waals surface area contributed by atoms with Crippen LogP contribution >= 0.6 is 0 Å². The van der Waals surface area contributed by atoms with E-state index in [1.807, 2.05) is 41.3 Å². The number of carbonyl (C=O) groups excluding carboxylic acids is 1. The first-order valence-corrected chi connectivity index (χ1v) is 9.20. The molecule has 1 saturated heterocycles. The van der Waals surface area contributed by atoms with Crippen LogP contribution in [0.4, 0.5) is 9.18 Å². The van der Waals surface area contributed by atoms with Gasteiger partial charge in [0, 0.05) is 11.6 Å². The van der Waals surface area contributed by atoms with E-state index in [1.54, 1.807) is 18.2 Å². The van der Waals surface area contributed by atoms with Gasteiger partial charge in [0.05, 0.1) is 13.2 Å². The van der Waals surface area contributed by atoms with Crippen LogP contribution in [0.2, 0.25) is 0 Å². The van der Waals surface area contributed by atoms with Gasteiger partial charge in [-0.1, -0.05) is 48.5 Å². The van der Waals surface area contributed by atoms with Crippen molar-refractivity contribution in [2.45, 2.75) is 38.0 Å². The number of fused-ring (bicyclic) bond motifs is 2. The zero-order chi connectivity index (χ0) is 18.8. The maximum Gasteiger partial charge on any atom is 0.410 e. The Labute approximate surface area is 158 Å². The van der Waals surface area contributed by atoms with E-state index in [-0.39, 0.29) is 36.4 Å². The van der Waals surface area contributed by atoms with Crippen LogP contribution in [0.1, 0.15) is 30.4 Å². The van der Waals surface area contributed by atoms with Crippen molar-refractivity contribution in [1.29, 1.82) is 0 Å². The van der Waals surface area contributed by atoms with E-state index in [0.29, 0.717) is 12.0 Å². The number of rotatable bonds is 4. The molecule has 2 aromatic rings. The topological polar surface area (TPSA) is 38.8 Å².